The van der Waals surface area contributed by atoms with Crippen molar-refractivity contribution < 1.29 is 19.6 Å². The molecule has 2 saturated heterocycles. The van der Waals surface area contributed by atoms with E-state index in [1.807, 2.05) is 0 Å². The fraction of sp³-hybridized carbons (Fsp3) is 0.417. The number of nitro benzene ring substituents is 1. The molecular weight excluding hydrogens is 410 g/mol. The fourth-order valence-corrected chi connectivity index (χ4v) is 4.60. The molecule has 0 spiro atoms. The Kier molecular flexibility index (Phi) is 6.39. The first-order valence-corrected chi connectivity index (χ1v) is 11.1. The average molecular weight is 437 g/mol. The summed E-state index contributed by atoms with van der Waals surface area (Å²) >= 11 is 0. The Labute approximate surface area is 186 Å². The maximum absolute atomic E-state index is 13.4. The first-order chi connectivity index (χ1) is 15.4. The maximum Gasteiger partial charge on any atom is 0.270 e. The summed E-state index contributed by atoms with van der Waals surface area (Å²) in [5, 5.41) is 20.7. The monoisotopic (exact) mass is 437 g/mol. The molecule has 0 saturated carbocycles. The summed E-state index contributed by atoms with van der Waals surface area (Å²) in [5.74, 6) is -0.273. The van der Waals surface area contributed by atoms with Crippen molar-refractivity contribution in [3.05, 3.63) is 63.7 Å². The number of hydrogen-bond donors (Lipinski definition) is 1. The Balaban J connectivity index is 1.49. The van der Waals surface area contributed by atoms with Gasteiger partial charge in [-0.2, -0.15) is 0 Å². The molecule has 2 aliphatic heterocycles. The highest BCUT2D eigenvalue weighted by Gasteiger charge is 2.31. The van der Waals surface area contributed by atoms with Crippen LogP contribution in [0.3, 0.4) is 0 Å². The number of hydrogen-bond acceptors (Lipinski definition) is 6. The smallest absolute Gasteiger partial charge is 0.270 e. The van der Waals surface area contributed by atoms with Gasteiger partial charge in [-0.25, -0.2) is 0 Å². The van der Waals surface area contributed by atoms with Crippen LogP contribution in [0.1, 0.15) is 52.8 Å². The highest BCUT2D eigenvalue weighted by atomic mass is 16.6. The number of nitro groups is 1. The van der Waals surface area contributed by atoms with Crippen molar-refractivity contribution in [1.82, 2.24) is 4.90 Å². The number of rotatable bonds is 5. The highest BCUT2D eigenvalue weighted by Crippen LogP contribution is 2.31. The largest absolute Gasteiger partial charge is 0.508 e. The average Bonchev–Trinajstić information content (AvgIpc) is 2.84. The van der Waals surface area contributed by atoms with E-state index in [-0.39, 0.29) is 29.0 Å². The molecule has 2 aromatic carbocycles. The molecule has 168 valence electrons. The van der Waals surface area contributed by atoms with Gasteiger partial charge in [0, 0.05) is 49.8 Å². The summed E-state index contributed by atoms with van der Waals surface area (Å²) in [4.78, 5) is 40.9. The normalized spacial score (nSPS) is 17.2. The molecule has 4 rings (SSSR count). The molecular formula is C24H27N3O5. The van der Waals surface area contributed by atoms with Gasteiger partial charge >= 0.3 is 0 Å². The van der Waals surface area contributed by atoms with Crippen LogP contribution in [0.4, 0.5) is 11.4 Å². The molecule has 0 unspecified atom stereocenters. The number of likely N-dealkylation sites (tertiary alicyclic amines) is 1. The third kappa shape index (κ3) is 4.59. The lowest BCUT2D eigenvalue weighted by molar-refractivity contribution is -0.384. The third-order valence-electron chi connectivity index (χ3n) is 6.42. The summed E-state index contributed by atoms with van der Waals surface area (Å²) < 4.78 is 0. The van der Waals surface area contributed by atoms with Crippen LogP contribution < -0.4 is 4.90 Å². The Morgan fingerprint density at radius 2 is 1.59 bits per heavy atom. The van der Waals surface area contributed by atoms with Gasteiger partial charge in [-0.05, 0) is 62.4 Å². The number of phenolic OH excluding ortho intramolecular Hbond substituents is 1. The molecule has 0 aromatic heterocycles. The minimum Gasteiger partial charge on any atom is -0.508 e. The maximum atomic E-state index is 13.4. The van der Waals surface area contributed by atoms with Gasteiger partial charge in [-0.15, -0.1) is 0 Å². The minimum absolute atomic E-state index is 0.0152. The van der Waals surface area contributed by atoms with Crippen molar-refractivity contribution in [2.75, 3.05) is 31.1 Å². The number of non-ortho nitro benzene ring substituents is 1. The lowest BCUT2D eigenvalue weighted by Crippen LogP contribution is -2.41. The summed E-state index contributed by atoms with van der Waals surface area (Å²) in [6.45, 7) is 2.52. The van der Waals surface area contributed by atoms with Gasteiger partial charge in [0.25, 0.3) is 11.6 Å². The van der Waals surface area contributed by atoms with Crippen molar-refractivity contribution in [3.8, 4) is 5.75 Å². The summed E-state index contributed by atoms with van der Waals surface area (Å²) in [7, 11) is 0. The van der Waals surface area contributed by atoms with E-state index in [1.54, 1.807) is 23.1 Å². The number of nitrogens with zero attached hydrogens (tertiary/aromatic N) is 3. The predicted molar refractivity (Wildman–Crippen MR) is 120 cm³/mol. The van der Waals surface area contributed by atoms with Crippen LogP contribution in [0, 0.1) is 16.0 Å². The molecule has 1 N–H and O–H groups in total. The highest BCUT2D eigenvalue weighted by molar-refractivity contribution is 6.01. The van der Waals surface area contributed by atoms with E-state index in [0.717, 1.165) is 38.0 Å². The zero-order valence-electron chi connectivity index (χ0n) is 17.9. The molecule has 8 heteroatoms. The quantitative estimate of drug-likeness (QED) is 0.430. The van der Waals surface area contributed by atoms with Gasteiger partial charge in [-0.1, -0.05) is 0 Å². The van der Waals surface area contributed by atoms with Gasteiger partial charge in [-0.3, -0.25) is 19.7 Å². The van der Waals surface area contributed by atoms with E-state index in [1.165, 1.54) is 24.3 Å². The van der Waals surface area contributed by atoms with Crippen molar-refractivity contribution in [3.63, 3.8) is 0 Å². The molecule has 2 fully saturated rings. The zero-order chi connectivity index (χ0) is 22.7. The van der Waals surface area contributed by atoms with Gasteiger partial charge < -0.3 is 14.9 Å². The van der Waals surface area contributed by atoms with E-state index in [2.05, 4.69) is 4.90 Å². The number of anilines is 1. The molecule has 0 atom stereocenters. The molecule has 32 heavy (non-hydrogen) atoms. The van der Waals surface area contributed by atoms with Crippen LogP contribution in [-0.4, -0.2) is 52.8 Å². The first kappa shape index (κ1) is 21.8. The zero-order valence-corrected chi connectivity index (χ0v) is 17.9. The van der Waals surface area contributed by atoms with E-state index >= 15 is 0 Å². The second-order valence-corrected chi connectivity index (χ2v) is 8.48. The van der Waals surface area contributed by atoms with Gasteiger partial charge in [0.1, 0.15) is 5.75 Å². The summed E-state index contributed by atoms with van der Waals surface area (Å²) in [6.07, 6.45) is 4.30. The van der Waals surface area contributed by atoms with Crippen molar-refractivity contribution in [2.24, 2.45) is 5.92 Å². The number of benzene rings is 2. The van der Waals surface area contributed by atoms with Crippen LogP contribution in [0.2, 0.25) is 0 Å². The van der Waals surface area contributed by atoms with E-state index in [0.29, 0.717) is 37.1 Å². The SMILES string of the molecule is O=C(c1ccc(O)cc1)C1CCN(C(=O)c2cc([N+](=O)[O-])ccc2N2CCCCC2)CC1. The Hall–Kier alpha value is -3.42. The van der Waals surface area contributed by atoms with Crippen molar-refractivity contribution in [1.29, 1.82) is 0 Å². The van der Waals surface area contributed by atoms with E-state index in [4.69, 9.17) is 0 Å². The van der Waals surface area contributed by atoms with Gasteiger partial charge in [0.05, 0.1) is 16.2 Å². The second-order valence-electron chi connectivity index (χ2n) is 8.48. The number of carbonyl (C=O) groups excluding carboxylic acids is 2. The number of ketones is 1. The number of carbonyl (C=O) groups is 2. The Morgan fingerprint density at radius 3 is 2.22 bits per heavy atom. The number of Topliss-reactive ketones (excluding diaryl/α,β-unsaturated/α-hetero) is 1. The van der Waals surface area contributed by atoms with Crippen LogP contribution in [0.25, 0.3) is 0 Å². The van der Waals surface area contributed by atoms with E-state index < -0.39 is 4.92 Å². The number of piperidine rings is 2. The first-order valence-electron chi connectivity index (χ1n) is 11.1. The lowest BCUT2D eigenvalue weighted by Gasteiger charge is -2.34. The second kappa shape index (κ2) is 9.38. The lowest BCUT2D eigenvalue weighted by atomic mass is 9.88. The molecule has 1 amide bonds. The van der Waals surface area contributed by atoms with Crippen LogP contribution in [-0.2, 0) is 0 Å². The Morgan fingerprint density at radius 1 is 0.938 bits per heavy atom. The number of amides is 1. The van der Waals surface area contributed by atoms with Crippen molar-refractivity contribution >= 4 is 23.1 Å². The van der Waals surface area contributed by atoms with Crippen LogP contribution in [0.15, 0.2) is 42.5 Å². The van der Waals surface area contributed by atoms with Crippen LogP contribution in [0.5, 0.6) is 5.75 Å². The number of phenols is 1. The molecule has 2 aliphatic rings. The third-order valence-corrected chi connectivity index (χ3v) is 6.42. The van der Waals surface area contributed by atoms with Gasteiger partial charge in [0.15, 0.2) is 5.78 Å². The molecule has 2 heterocycles. The Bertz CT molecular complexity index is 1010. The summed E-state index contributed by atoms with van der Waals surface area (Å²) in [5.41, 5.74) is 1.58. The van der Waals surface area contributed by atoms with Crippen LogP contribution >= 0.6 is 0 Å². The molecule has 0 aliphatic carbocycles. The topological polar surface area (TPSA) is 104 Å². The predicted octanol–water partition coefficient (Wildman–Crippen LogP) is 4.03. The molecule has 8 nitrogen and oxygen atoms in total. The molecule has 0 radical (unpaired) electrons. The molecule has 0 bridgehead atoms. The fourth-order valence-electron chi connectivity index (χ4n) is 4.60. The molecule has 2 aromatic rings. The van der Waals surface area contributed by atoms with E-state index in [9.17, 15) is 24.8 Å². The van der Waals surface area contributed by atoms with Gasteiger partial charge in [0.2, 0.25) is 0 Å². The summed E-state index contributed by atoms with van der Waals surface area (Å²) in [6, 6.07) is 10.8. The standard InChI is InChI=1S/C24H27N3O5/c28-20-7-4-17(5-8-20)23(29)18-10-14-26(15-11-18)24(30)21-16-19(27(31)32)6-9-22(21)25-12-2-1-3-13-25/h4-9,16,18,28H,1-3,10-15H2. The van der Waals surface area contributed by atoms with Crippen molar-refractivity contribution in [2.45, 2.75) is 32.1 Å². The minimum atomic E-state index is -0.473. The number of aromatic hydroxyl groups is 1.